The van der Waals surface area contributed by atoms with Crippen LogP contribution in [0.15, 0.2) is 60.8 Å². The van der Waals surface area contributed by atoms with Crippen molar-refractivity contribution in [2.45, 2.75) is 125 Å². The average molecular weight is 666 g/mol. The summed E-state index contributed by atoms with van der Waals surface area (Å²) in [6.45, 7) is 3.34. The summed E-state index contributed by atoms with van der Waals surface area (Å²) in [5, 5.41) is 63.9. The molecule has 14 atom stereocenters. The summed E-state index contributed by atoms with van der Waals surface area (Å²) in [6.07, 6.45) is 5.25. The molecule has 4 aliphatic rings. The van der Waals surface area contributed by atoms with E-state index in [1.165, 1.54) is 12.2 Å². The Morgan fingerprint density at radius 2 is 1.64 bits per heavy atom. The number of esters is 1. The van der Waals surface area contributed by atoms with Gasteiger partial charge in [-0.3, -0.25) is 4.79 Å². The quantitative estimate of drug-likeness (QED) is 0.157. The van der Waals surface area contributed by atoms with E-state index < -0.39 is 97.3 Å². The van der Waals surface area contributed by atoms with Crippen LogP contribution in [0, 0.1) is 5.92 Å². The number of ether oxygens (including phenoxy) is 5. The molecular formula is C33H47NO13. The molecule has 0 aromatic rings. The van der Waals surface area contributed by atoms with Crippen molar-refractivity contribution >= 4 is 11.9 Å². The van der Waals surface area contributed by atoms with Gasteiger partial charge in [0.25, 0.3) is 0 Å². The Balaban J connectivity index is 1.58. The number of epoxide rings is 1. The minimum atomic E-state index is -2.10. The number of aliphatic carboxylic acids is 1. The highest BCUT2D eigenvalue weighted by atomic mass is 16.7. The van der Waals surface area contributed by atoms with Crippen LogP contribution < -0.4 is 5.73 Å². The number of carboxylic acids is 1. The molecule has 262 valence electrons. The monoisotopic (exact) mass is 665 g/mol. The molecule has 10 unspecified atom stereocenters. The zero-order valence-electron chi connectivity index (χ0n) is 26.4. The molecule has 3 saturated heterocycles. The van der Waals surface area contributed by atoms with E-state index in [2.05, 4.69) is 0 Å². The molecule has 14 heteroatoms. The third kappa shape index (κ3) is 10.6. The maximum absolute atomic E-state index is 12.3. The zero-order valence-corrected chi connectivity index (χ0v) is 26.4. The summed E-state index contributed by atoms with van der Waals surface area (Å²) in [7, 11) is 0. The second kappa shape index (κ2) is 16.6. The van der Waals surface area contributed by atoms with Gasteiger partial charge in [0.15, 0.2) is 12.1 Å². The smallest absolute Gasteiger partial charge is 0.330 e. The number of carbonyl (C=O) groups excluding carboxylic acids is 1. The number of carbonyl (C=O) groups is 2. The minimum Gasteiger partial charge on any atom is -0.481 e. The van der Waals surface area contributed by atoms with Gasteiger partial charge < -0.3 is 60.1 Å². The first-order valence-electron chi connectivity index (χ1n) is 15.9. The van der Waals surface area contributed by atoms with Crippen molar-refractivity contribution in [3.05, 3.63) is 60.8 Å². The van der Waals surface area contributed by atoms with Gasteiger partial charge >= 0.3 is 11.9 Å². The normalized spacial score (nSPS) is 47.2. The van der Waals surface area contributed by atoms with E-state index in [0.29, 0.717) is 6.42 Å². The first-order chi connectivity index (χ1) is 22.3. The first-order valence-corrected chi connectivity index (χ1v) is 15.9. The molecule has 3 fully saturated rings. The van der Waals surface area contributed by atoms with Crippen LogP contribution in [0.1, 0.15) is 46.0 Å². The molecule has 4 heterocycles. The third-order valence-corrected chi connectivity index (χ3v) is 8.58. The molecule has 0 amide bonds. The van der Waals surface area contributed by atoms with Crippen molar-refractivity contribution in [3.8, 4) is 0 Å². The van der Waals surface area contributed by atoms with E-state index in [1.807, 2.05) is 6.08 Å². The first kappa shape index (κ1) is 37.1. The largest absolute Gasteiger partial charge is 0.481 e. The van der Waals surface area contributed by atoms with Gasteiger partial charge in [-0.1, -0.05) is 48.6 Å². The summed E-state index contributed by atoms with van der Waals surface area (Å²) in [5.41, 5.74) is 5.98. The van der Waals surface area contributed by atoms with Crippen LogP contribution in [-0.4, -0.2) is 122 Å². The molecule has 14 nitrogen and oxygen atoms in total. The molecule has 4 rings (SSSR count). The number of aliphatic hydroxyl groups is 5. The number of allylic oxidation sites excluding steroid dienone is 6. The number of hydrogen-bond acceptors (Lipinski definition) is 13. The van der Waals surface area contributed by atoms with E-state index >= 15 is 0 Å². The second-order valence-electron chi connectivity index (χ2n) is 12.6. The summed E-state index contributed by atoms with van der Waals surface area (Å²) in [6, 6.07) is -1.08. The lowest BCUT2D eigenvalue weighted by atomic mass is 9.83. The van der Waals surface area contributed by atoms with E-state index in [-0.39, 0.29) is 25.4 Å². The number of rotatable bonds is 3. The van der Waals surface area contributed by atoms with Gasteiger partial charge in [-0.05, 0) is 19.9 Å². The number of carboxylic acid groups (broad SMARTS) is 1. The fraction of sp³-hybridized carbons (Fsp3) is 0.636. The summed E-state index contributed by atoms with van der Waals surface area (Å²) in [5.74, 6) is -5.45. The summed E-state index contributed by atoms with van der Waals surface area (Å²) in [4.78, 5) is 24.4. The standard InChI is InChI=1S/C33H47NO13/c1-18-10-8-6-4-3-5-7-9-11-21(45-32-30(39)28(34)29(38)19(2)44-32)15-25-27(31(40)41)22(36)17-33(42,47-25)16-20(35)14-24-23(46-24)12-13-26(37)43-18/h3-9,11-13,18-25,27-30,32,35-36,38-39,42H,10,14-17,34H2,1-2H3,(H,40,41)/b4-3+,7-5+,8-6+,11-9+,13-12+/t18-,19+,20-,21?,22?,23?,24?,25?,27?,28?,29?,30?,32?,33+/m0/s1. The van der Waals surface area contributed by atoms with Crippen molar-refractivity contribution < 1.29 is 63.9 Å². The molecule has 2 bridgehead atoms. The molecule has 0 spiro atoms. The van der Waals surface area contributed by atoms with Crippen LogP contribution >= 0.6 is 0 Å². The Bertz CT molecular complexity index is 1220. The lowest BCUT2D eigenvalue weighted by Gasteiger charge is -2.45. The SMILES string of the molecule is C[C@H]1C/C=C/C=C/C=C/C=C/C(OC2O[C@H](C)C(O)C(N)C2O)CC2O[C@@](O)(CC(O)C2C(=O)O)C[C@@H](O)CC2OC2/C=C/C(=O)O1. The Morgan fingerprint density at radius 3 is 2.36 bits per heavy atom. The predicted octanol–water partition coefficient (Wildman–Crippen LogP) is 0.120. The van der Waals surface area contributed by atoms with Crippen molar-refractivity contribution in [2.24, 2.45) is 11.7 Å². The molecule has 0 aliphatic carbocycles. The zero-order chi connectivity index (χ0) is 34.3. The Morgan fingerprint density at radius 1 is 0.936 bits per heavy atom. The molecular weight excluding hydrogens is 618 g/mol. The van der Waals surface area contributed by atoms with Crippen LogP contribution in [0.25, 0.3) is 0 Å². The fourth-order valence-corrected chi connectivity index (χ4v) is 6.00. The predicted molar refractivity (Wildman–Crippen MR) is 165 cm³/mol. The Labute approximate surface area is 273 Å². The summed E-state index contributed by atoms with van der Waals surface area (Å²) < 4.78 is 28.5. The lowest BCUT2D eigenvalue weighted by Crippen LogP contribution is -2.61. The van der Waals surface area contributed by atoms with Gasteiger partial charge in [-0.25, -0.2) is 4.79 Å². The van der Waals surface area contributed by atoms with Gasteiger partial charge in [0.1, 0.15) is 24.2 Å². The highest BCUT2D eigenvalue weighted by molar-refractivity contribution is 5.82. The Kier molecular flexibility index (Phi) is 13.1. The van der Waals surface area contributed by atoms with Crippen LogP contribution in [0.2, 0.25) is 0 Å². The van der Waals surface area contributed by atoms with Crippen molar-refractivity contribution in [3.63, 3.8) is 0 Å². The molecule has 0 radical (unpaired) electrons. The highest BCUT2D eigenvalue weighted by Gasteiger charge is 2.51. The van der Waals surface area contributed by atoms with Crippen LogP contribution in [0.5, 0.6) is 0 Å². The van der Waals surface area contributed by atoms with Crippen LogP contribution in [0.4, 0.5) is 0 Å². The Hall–Kier alpha value is -2.76. The van der Waals surface area contributed by atoms with Crippen LogP contribution in [0.3, 0.4) is 0 Å². The minimum absolute atomic E-state index is 0.0789. The fourth-order valence-electron chi connectivity index (χ4n) is 6.00. The third-order valence-electron chi connectivity index (χ3n) is 8.58. The van der Waals surface area contributed by atoms with E-state index in [9.17, 15) is 40.2 Å². The topological polar surface area (TPSA) is 231 Å². The number of fused-ring (bicyclic) bond motifs is 3. The van der Waals surface area contributed by atoms with Gasteiger partial charge in [0, 0.05) is 38.2 Å². The van der Waals surface area contributed by atoms with Crippen molar-refractivity contribution in [1.29, 1.82) is 0 Å². The molecule has 4 aliphatic heterocycles. The molecule has 47 heavy (non-hydrogen) atoms. The maximum atomic E-state index is 12.3. The number of nitrogens with two attached hydrogens (primary N) is 1. The van der Waals surface area contributed by atoms with Gasteiger partial charge in [-0.15, -0.1) is 0 Å². The number of hydrogen-bond donors (Lipinski definition) is 7. The van der Waals surface area contributed by atoms with E-state index in [4.69, 9.17) is 29.4 Å². The second-order valence-corrected chi connectivity index (χ2v) is 12.6. The highest BCUT2D eigenvalue weighted by Crippen LogP contribution is 2.39. The molecule has 0 aromatic heterocycles. The molecule has 0 saturated carbocycles. The lowest BCUT2D eigenvalue weighted by molar-refractivity contribution is -0.308. The van der Waals surface area contributed by atoms with Crippen molar-refractivity contribution in [1.82, 2.24) is 0 Å². The van der Waals surface area contributed by atoms with Gasteiger partial charge in [0.05, 0.1) is 48.8 Å². The maximum Gasteiger partial charge on any atom is 0.330 e. The number of aliphatic hydroxyl groups excluding tert-OH is 4. The van der Waals surface area contributed by atoms with E-state index in [0.717, 1.165) is 0 Å². The van der Waals surface area contributed by atoms with Crippen molar-refractivity contribution in [2.75, 3.05) is 0 Å². The average Bonchev–Trinajstić information content (AvgIpc) is 3.72. The van der Waals surface area contributed by atoms with Gasteiger partial charge in [0.2, 0.25) is 0 Å². The van der Waals surface area contributed by atoms with Crippen LogP contribution in [-0.2, 0) is 33.3 Å². The van der Waals surface area contributed by atoms with Gasteiger partial charge in [-0.2, -0.15) is 0 Å². The summed E-state index contributed by atoms with van der Waals surface area (Å²) >= 11 is 0. The van der Waals surface area contributed by atoms with E-state index in [1.54, 1.807) is 56.4 Å². The molecule has 8 N–H and O–H groups in total. The molecule has 0 aromatic carbocycles. The number of cyclic esters (lactones) is 1.